The Balaban J connectivity index is 1.75. The summed E-state index contributed by atoms with van der Waals surface area (Å²) in [7, 11) is 0. The lowest BCUT2D eigenvalue weighted by atomic mass is 9.88. The van der Waals surface area contributed by atoms with Gasteiger partial charge in [0.1, 0.15) is 5.54 Å². The first-order valence-corrected chi connectivity index (χ1v) is 8.35. The van der Waals surface area contributed by atoms with Gasteiger partial charge in [0, 0.05) is 23.6 Å². The number of fused-ring (bicyclic) bond motifs is 1. The highest BCUT2D eigenvalue weighted by Gasteiger charge is 2.40. The van der Waals surface area contributed by atoms with Crippen molar-refractivity contribution in [2.75, 3.05) is 19.6 Å². The summed E-state index contributed by atoms with van der Waals surface area (Å²) in [5.74, 6) is 0.624. The summed E-state index contributed by atoms with van der Waals surface area (Å²) in [6, 6.07) is 8.30. The first-order chi connectivity index (χ1) is 9.98. The van der Waals surface area contributed by atoms with E-state index in [4.69, 9.17) is 5.73 Å². The number of benzene rings is 1. The molecule has 4 nitrogen and oxygen atoms in total. The quantitative estimate of drug-likeness (QED) is 0.854. The van der Waals surface area contributed by atoms with E-state index in [0.717, 1.165) is 42.5 Å². The van der Waals surface area contributed by atoms with Gasteiger partial charge in [-0.05, 0) is 49.9 Å². The summed E-state index contributed by atoms with van der Waals surface area (Å²) in [4.78, 5) is 14.8. The van der Waals surface area contributed by atoms with Crippen LogP contribution < -0.4 is 11.1 Å². The average Bonchev–Trinajstić information content (AvgIpc) is 2.94. The molecule has 1 aromatic rings. The van der Waals surface area contributed by atoms with Crippen molar-refractivity contribution in [3.63, 3.8) is 0 Å². The molecule has 5 heteroatoms. The predicted octanol–water partition coefficient (Wildman–Crippen LogP) is 1.83. The molecule has 1 aromatic carbocycles. The maximum absolute atomic E-state index is 12.9. The van der Waals surface area contributed by atoms with Crippen LogP contribution in [-0.4, -0.2) is 36.5 Å². The van der Waals surface area contributed by atoms with Crippen LogP contribution in [0.25, 0.3) is 0 Å². The summed E-state index contributed by atoms with van der Waals surface area (Å²) in [5, 5.41) is 3.52. The van der Waals surface area contributed by atoms with Crippen LogP contribution in [0.15, 0.2) is 28.7 Å². The predicted molar refractivity (Wildman–Crippen MR) is 86.8 cm³/mol. The Morgan fingerprint density at radius 2 is 2.10 bits per heavy atom. The van der Waals surface area contributed by atoms with Gasteiger partial charge >= 0.3 is 0 Å². The summed E-state index contributed by atoms with van der Waals surface area (Å²) < 4.78 is 0.993. The van der Waals surface area contributed by atoms with Crippen molar-refractivity contribution in [2.45, 2.75) is 31.3 Å². The molecule has 2 aliphatic heterocycles. The number of piperidine rings is 1. The van der Waals surface area contributed by atoms with E-state index >= 15 is 0 Å². The van der Waals surface area contributed by atoms with Crippen molar-refractivity contribution in [2.24, 2.45) is 11.7 Å². The summed E-state index contributed by atoms with van der Waals surface area (Å²) in [6.07, 6.45) is 2.20. The van der Waals surface area contributed by atoms with Gasteiger partial charge in [0.05, 0.1) is 0 Å². The number of halogens is 1. The molecular formula is C16H22BrN3O. The molecule has 3 N–H and O–H groups in total. The van der Waals surface area contributed by atoms with Gasteiger partial charge in [-0.25, -0.2) is 0 Å². The smallest absolute Gasteiger partial charge is 0.246 e. The van der Waals surface area contributed by atoms with Crippen molar-refractivity contribution >= 4 is 21.8 Å². The number of rotatable bonds is 2. The number of carbonyl (C=O) groups excluding carboxylic acids is 1. The molecule has 0 bridgehead atoms. The van der Waals surface area contributed by atoms with E-state index in [0.29, 0.717) is 12.0 Å². The van der Waals surface area contributed by atoms with Gasteiger partial charge in [0.15, 0.2) is 0 Å². The molecule has 0 spiro atoms. The SMILES string of the molecule is CC(N)(C(=O)N1CCC2NCCC2C1)c1ccc(Br)cc1. The Labute approximate surface area is 134 Å². The fourth-order valence-electron chi connectivity index (χ4n) is 3.48. The van der Waals surface area contributed by atoms with Gasteiger partial charge in [-0.2, -0.15) is 0 Å². The maximum Gasteiger partial charge on any atom is 0.246 e. The summed E-state index contributed by atoms with van der Waals surface area (Å²) in [6.45, 7) is 4.53. The molecule has 114 valence electrons. The lowest BCUT2D eigenvalue weighted by molar-refractivity contribution is -0.138. The first kappa shape index (κ1) is 15.0. The third-order valence-corrected chi connectivity index (χ3v) is 5.36. The number of hydrogen-bond acceptors (Lipinski definition) is 3. The highest BCUT2D eigenvalue weighted by molar-refractivity contribution is 9.10. The largest absolute Gasteiger partial charge is 0.340 e. The molecule has 3 unspecified atom stereocenters. The van der Waals surface area contributed by atoms with Crippen LogP contribution in [0.3, 0.4) is 0 Å². The molecule has 0 saturated carbocycles. The van der Waals surface area contributed by atoms with Crippen LogP contribution in [0.5, 0.6) is 0 Å². The molecule has 0 aliphatic carbocycles. The lowest BCUT2D eigenvalue weighted by Crippen LogP contribution is -2.55. The number of amides is 1. The molecule has 1 amide bonds. The van der Waals surface area contributed by atoms with Gasteiger partial charge in [-0.1, -0.05) is 28.1 Å². The molecule has 2 heterocycles. The van der Waals surface area contributed by atoms with E-state index in [2.05, 4.69) is 21.2 Å². The van der Waals surface area contributed by atoms with Gasteiger partial charge in [-0.15, -0.1) is 0 Å². The molecule has 2 aliphatic rings. The zero-order chi connectivity index (χ0) is 15.0. The van der Waals surface area contributed by atoms with Crippen molar-refractivity contribution in [3.05, 3.63) is 34.3 Å². The van der Waals surface area contributed by atoms with Gasteiger partial charge in [-0.3, -0.25) is 4.79 Å². The average molecular weight is 352 g/mol. The molecule has 0 aromatic heterocycles. The number of carbonyl (C=O) groups is 1. The topological polar surface area (TPSA) is 58.4 Å². The van der Waals surface area contributed by atoms with E-state index < -0.39 is 5.54 Å². The maximum atomic E-state index is 12.9. The second-order valence-electron chi connectivity index (χ2n) is 6.36. The zero-order valence-corrected chi connectivity index (χ0v) is 13.9. The van der Waals surface area contributed by atoms with Crippen LogP contribution in [-0.2, 0) is 10.3 Å². The van der Waals surface area contributed by atoms with Gasteiger partial charge in [0.2, 0.25) is 5.91 Å². The minimum Gasteiger partial charge on any atom is -0.340 e. The minimum atomic E-state index is -0.959. The van der Waals surface area contributed by atoms with Crippen molar-refractivity contribution in [1.82, 2.24) is 10.2 Å². The lowest BCUT2D eigenvalue weighted by Gasteiger charge is -2.39. The monoisotopic (exact) mass is 351 g/mol. The van der Waals surface area contributed by atoms with Crippen LogP contribution in [0.1, 0.15) is 25.3 Å². The highest BCUT2D eigenvalue weighted by Crippen LogP contribution is 2.28. The summed E-state index contributed by atoms with van der Waals surface area (Å²) in [5.41, 5.74) is 6.28. The summed E-state index contributed by atoms with van der Waals surface area (Å²) >= 11 is 3.41. The van der Waals surface area contributed by atoms with Crippen LogP contribution >= 0.6 is 15.9 Å². The van der Waals surface area contributed by atoms with E-state index in [1.54, 1.807) is 0 Å². The standard InChI is InChI=1S/C16H22BrN3O/c1-16(18,12-2-4-13(17)5-3-12)15(21)20-9-7-14-11(10-20)6-8-19-14/h2-5,11,14,19H,6-10,18H2,1H3. The fourth-order valence-corrected chi connectivity index (χ4v) is 3.74. The van der Waals surface area contributed by atoms with Gasteiger partial charge < -0.3 is 16.0 Å². The molecule has 3 rings (SSSR count). The minimum absolute atomic E-state index is 0.0372. The Kier molecular flexibility index (Phi) is 4.08. The van der Waals surface area contributed by atoms with Gasteiger partial charge in [0.25, 0.3) is 0 Å². The Hall–Kier alpha value is -0.910. The Morgan fingerprint density at radius 3 is 2.81 bits per heavy atom. The Morgan fingerprint density at radius 1 is 1.38 bits per heavy atom. The number of likely N-dealkylation sites (tertiary alicyclic amines) is 1. The zero-order valence-electron chi connectivity index (χ0n) is 12.3. The molecule has 2 fully saturated rings. The number of hydrogen-bond donors (Lipinski definition) is 2. The van der Waals surface area contributed by atoms with E-state index in [-0.39, 0.29) is 5.91 Å². The van der Waals surface area contributed by atoms with E-state index in [1.807, 2.05) is 36.1 Å². The van der Waals surface area contributed by atoms with E-state index in [1.165, 1.54) is 0 Å². The number of nitrogens with two attached hydrogens (primary N) is 1. The Bertz CT molecular complexity index is 529. The van der Waals surface area contributed by atoms with Crippen LogP contribution in [0.4, 0.5) is 0 Å². The van der Waals surface area contributed by atoms with Crippen LogP contribution in [0, 0.1) is 5.92 Å². The molecular weight excluding hydrogens is 330 g/mol. The third-order valence-electron chi connectivity index (χ3n) is 4.83. The first-order valence-electron chi connectivity index (χ1n) is 7.56. The van der Waals surface area contributed by atoms with Crippen LogP contribution in [0.2, 0.25) is 0 Å². The second kappa shape index (κ2) is 5.71. The second-order valence-corrected chi connectivity index (χ2v) is 7.27. The highest BCUT2D eigenvalue weighted by atomic mass is 79.9. The third kappa shape index (κ3) is 2.87. The molecule has 3 atom stereocenters. The number of nitrogens with zero attached hydrogens (tertiary/aromatic N) is 1. The normalized spacial score (nSPS) is 28.0. The van der Waals surface area contributed by atoms with E-state index in [9.17, 15) is 4.79 Å². The number of nitrogens with one attached hydrogen (secondary N) is 1. The molecule has 2 saturated heterocycles. The van der Waals surface area contributed by atoms with Crippen molar-refractivity contribution in [1.29, 1.82) is 0 Å². The molecule has 21 heavy (non-hydrogen) atoms. The fraction of sp³-hybridized carbons (Fsp3) is 0.562. The van der Waals surface area contributed by atoms with Crippen molar-refractivity contribution in [3.8, 4) is 0 Å². The molecule has 0 radical (unpaired) electrons. The van der Waals surface area contributed by atoms with Crippen molar-refractivity contribution < 1.29 is 4.79 Å².